The van der Waals surface area contributed by atoms with Crippen LogP contribution in [0.15, 0.2) is 48.5 Å². The molecule has 0 aliphatic carbocycles. The van der Waals surface area contributed by atoms with Crippen molar-refractivity contribution in [3.63, 3.8) is 0 Å². The Kier molecular flexibility index (Phi) is 7.20. The highest BCUT2D eigenvalue weighted by atomic mass is 32.2. The van der Waals surface area contributed by atoms with E-state index in [1.165, 1.54) is 36.7 Å². The fourth-order valence-electron chi connectivity index (χ4n) is 3.93. The number of halogens is 1. The predicted molar refractivity (Wildman–Crippen MR) is 122 cm³/mol. The fraction of sp³-hybridized carbons (Fsp3) is 0.435. The summed E-state index contributed by atoms with van der Waals surface area (Å²) in [4.78, 5) is 15.0. The molecule has 0 aromatic heterocycles. The molecule has 0 radical (unpaired) electrons. The van der Waals surface area contributed by atoms with Gasteiger partial charge in [-0.25, -0.2) is 12.8 Å². The minimum atomic E-state index is -3.75. The second kappa shape index (κ2) is 9.68. The minimum absolute atomic E-state index is 0.116. The van der Waals surface area contributed by atoms with Crippen LogP contribution in [-0.2, 0) is 14.8 Å². The van der Waals surface area contributed by atoms with Gasteiger partial charge in [0.25, 0.3) is 0 Å². The van der Waals surface area contributed by atoms with E-state index in [4.69, 9.17) is 0 Å². The van der Waals surface area contributed by atoms with E-state index in [0.29, 0.717) is 5.92 Å². The van der Waals surface area contributed by atoms with E-state index < -0.39 is 28.3 Å². The molecule has 3 rings (SSSR count). The van der Waals surface area contributed by atoms with Gasteiger partial charge in [-0.05, 0) is 61.6 Å². The van der Waals surface area contributed by atoms with Crippen molar-refractivity contribution in [1.82, 2.24) is 5.32 Å². The molecule has 1 saturated heterocycles. The first-order chi connectivity index (χ1) is 14.6. The number of nitrogens with one attached hydrogen (secondary N) is 1. The van der Waals surface area contributed by atoms with E-state index in [-0.39, 0.29) is 11.7 Å². The standard InChI is InChI=1S/C23H30FN3O3S/c1-17-6-5-13-26(15-17)21-11-9-19(10-12-21)18(2)25-23(28)16-27(31(3,29)30)22-8-4-7-20(24)14-22/h4,7-12,14,17-18H,5-6,13,15-16H2,1-3H3,(H,25,28). The van der Waals surface area contributed by atoms with Crippen LogP contribution in [0, 0.1) is 11.7 Å². The summed E-state index contributed by atoms with van der Waals surface area (Å²) in [6.07, 6.45) is 3.45. The first kappa shape index (κ1) is 23.1. The molecule has 168 valence electrons. The molecule has 1 fully saturated rings. The van der Waals surface area contributed by atoms with Crippen LogP contribution in [0.4, 0.5) is 15.8 Å². The minimum Gasteiger partial charge on any atom is -0.371 e. The first-order valence-corrected chi connectivity index (χ1v) is 12.4. The van der Waals surface area contributed by atoms with Gasteiger partial charge in [-0.3, -0.25) is 9.10 Å². The zero-order chi connectivity index (χ0) is 22.6. The molecule has 31 heavy (non-hydrogen) atoms. The van der Waals surface area contributed by atoms with Gasteiger partial charge in [-0.2, -0.15) is 0 Å². The van der Waals surface area contributed by atoms with Gasteiger partial charge in [0.05, 0.1) is 18.0 Å². The Bertz CT molecular complexity index is 1010. The van der Waals surface area contributed by atoms with Crippen molar-refractivity contribution in [2.24, 2.45) is 5.92 Å². The molecule has 1 aliphatic rings. The molecule has 8 heteroatoms. The maximum absolute atomic E-state index is 13.5. The molecule has 0 saturated carbocycles. The van der Waals surface area contributed by atoms with Crippen molar-refractivity contribution in [1.29, 1.82) is 0 Å². The fourth-order valence-corrected chi connectivity index (χ4v) is 4.78. The van der Waals surface area contributed by atoms with Crippen molar-refractivity contribution in [2.45, 2.75) is 32.7 Å². The number of sulfonamides is 1. The molecule has 2 atom stereocenters. The van der Waals surface area contributed by atoms with Crippen LogP contribution in [0.3, 0.4) is 0 Å². The lowest BCUT2D eigenvalue weighted by Crippen LogP contribution is -2.41. The van der Waals surface area contributed by atoms with Gasteiger partial charge in [-0.15, -0.1) is 0 Å². The molecule has 1 amide bonds. The number of carbonyl (C=O) groups excluding carboxylic acids is 1. The summed E-state index contributed by atoms with van der Waals surface area (Å²) in [5.41, 5.74) is 2.22. The highest BCUT2D eigenvalue weighted by Gasteiger charge is 2.22. The normalized spacial score (nSPS) is 17.8. The number of hydrogen-bond donors (Lipinski definition) is 1. The Morgan fingerprint density at radius 3 is 2.58 bits per heavy atom. The van der Waals surface area contributed by atoms with Crippen LogP contribution in [0.5, 0.6) is 0 Å². The number of rotatable bonds is 7. The Morgan fingerprint density at radius 1 is 1.26 bits per heavy atom. The van der Waals surface area contributed by atoms with Gasteiger partial charge in [0.1, 0.15) is 12.4 Å². The van der Waals surface area contributed by atoms with Crippen molar-refractivity contribution in [3.8, 4) is 0 Å². The molecule has 0 bridgehead atoms. The van der Waals surface area contributed by atoms with E-state index in [0.717, 1.165) is 35.3 Å². The molecule has 1 aliphatic heterocycles. The van der Waals surface area contributed by atoms with Gasteiger partial charge in [0.2, 0.25) is 15.9 Å². The number of carbonyl (C=O) groups is 1. The highest BCUT2D eigenvalue weighted by Crippen LogP contribution is 2.25. The van der Waals surface area contributed by atoms with Gasteiger partial charge in [0, 0.05) is 18.8 Å². The average molecular weight is 448 g/mol. The summed E-state index contributed by atoms with van der Waals surface area (Å²) in [6, 6.07) is 13.0. The van der Waals surface area contributed by atoms with Crippen LogP contribution < -0.4 is 14.5 Å². The lowest BCUT2D eigenvalue weighted by molar-refractivity contribution is -0.120. The van der Waals surface area contributed by atoms with Crippen LogP contribution >= 0.6 is 0 Å². The van der Waals surface area contributed by atoms with Crippen LogP contribution in [0.25, 0.3) is 0 Å². The number of hydrogen-bond acceptors (Lipinski definition) is 4. The average Bonchev–Trinajstić information content (AvgIpc) is 2.71. The van der Waals surface area contributed by atoms with Gasteiger partial charge >= 0.3 is 0 Å². The summed E-state index contributed by atoms with van der Waals surface area (Å²) in [5.74, 6) is -0.346. The van der Waals surface area contributed by atoms with Gasteiger partial charge in [0.15, 0.2) is 0 Å². The zero-order valence-electron chi connectivity index (χ0n) is 18.2. The van der Waals surface area contributed by atoms with E-state index >= 15 is 0 Å². The van der Waals surface area contributed by atoms with Gasteiger partial charge < -0.3 is 10.2 Å². The third-order valence-corrected chi connectivity index (χ3v) is 6.72. The van der Waals surface area contributed by atoms with Crippen LogP contribution in [-0.4, -0.2) is 40.2 Å². The quantitative estimate of drug-likeness (QED) is 0.703. The van der Waals surface area contributed by atoms with Crippen molar-refractivity contribution < 1.29 is 17.6 Å². The Morgan fingerprint density at radius 2 is 1.97 bits per heavy atom. The van der Waals surface area contributed by atoms with Crippen molar-refractivity contribution >= 4 is 27.3 Å². The van der Waals surface area contributed by atoms with Crippen molar-refractivity contribution in [2.75, 3.05) is 35.1 Å². The Balaban J connectivity index is 1.65. The largest absolute Gasteiger partial charge is 0.371 e. The van der Waals surface area contributed by atoms with E-state index in [1.54, 1.807) is 0 Å². The third kappa shape index (κ3) is 6.19. The summed E-state index contributed by atoms with van der Waals surface area (Å²) in [6.45, 7) is 5.80. The number of piperidine rings is 1. The Hall–Kier alpha value is -2.61. The molecule has 1 heterocycles. The SMILES string of the molecule is CC1CCCN(c2ccc(C(C)NC(=O)CN(c3cccc(F)c3)S(C)(=O)=O)cc2)C1. The number of amides is 1. The molecule has 2 unspecified atom stereocenters. The van der Waals surface area contributed by atoms with Gasteiger partial charge in [-0.1, -0.05) is 25.1 Å². The van der Waals surface area contributed by atoms with Crippen molar-refractivity contribution in [3.05, 3.63) is 59.9 Å². The monoisotopic (exact) mass is 447 g/mol. The Labute approximate surface area is 184 Å². The molecule has 2 aromatic carbocycles. The first-order valence-electron chi connectivity index (χ1n) is 10.5. The summed E-state index contributed by atoms with van der Waals surface area (Å²) in [7, 11) is -3.75. The lowest BCUT2D eigenvalue weighted by atomic mass is 9.99. The molecular formula is C23H30FN3O3S. The summed E-state index contributed by atoms with van der Waals surface area (Å²) >= 11 is 0. The second-order valence-electron chi connectivity index (χ2n) is 8.32. The van der Waals surface area contributed by atoms with E-state index in [9.17, 15) is 17.6 Å². The van der Waals surface area contributed by atoms with E-state index in [2.05, 4.69) is 29.3 Å². The molecule has 6 nitrogen and oxygen atoms in total. The highest BCUT2D eigenvalue weighted by molar-refractivity contribution is 7.92. The summed E-state index contributed by atoms with van der Waals surface area (Å²) < 4.78 is 38.8. The maximum atomic E-state index is 13.5. The number of benzene rings is 2. The molecule has 0 spiro atoms. The smallest absolute Gasteiger partial charge is 0.241 e. The summed E-state index contributed by atoms with van der Waals surface area (Å²) in [5, 5.41) is 2.84. The topological polar surface area (TPSA) is 69.7 Å². The third-order valence-electron chi connectivity index (χ3n) is 5.58. The number of nitrogens with zero attached hydrogens (tertiary/aromatic N) is 2. The predicted octanol–water partition coefficient (Wildman–Crippen LogP) is 3.71. The second-order valence-corrected chi connectivity index (χ2v) is 10.2. The molecular weight excluding hydrogens is 417 g/mol. The van der Waals surface area contributed by atoms with E-state index in [1.807, 2.05) is 19.1 Å². The molecule has 2 aromatic rings. The lowest BCUT2D eigenvalue weighted by Gasteiger charge is -2.33. The maximum Gasteiger partial charge on any atom is 0.241 e. The van der Waals surface area contributed by atoms with Crippen LogP contribution in [0.2, 0.25) is 0 Å². The number of anilines is 2. The zero-order valence-corrected chi connectivity index (χ0v) is 19.0. The molecule has 1 N–H and O–H groups in total. The van der Waals surface area contributed by atoms with Crippen LogP contribution in [0.1, 0.15) is 38.3 Å².